The first-order valence-corrected chi connectivity index (χ1v) is 8.79. The van der Waals surface area contributed by atoms with Gasteiger partial charge >= 0.3 is 0 Å². The molecule has 0 unspecified atom stereocenters. The van der Waals surface area contributed by atoms with Crippen molar-refractivity contribution in [3.05, 3.63) is 28.2 Å². The van der Waals surface area contributed by atoms with Crippen LogP contribution in [0.25, 0.3) is 0 Å². The lowest BCUT2D eigenvalue weighted by atomic mass is 10.0. The van der Waals surface area contributed by atoms with Crippen molar-refractivity contribution < 1.29 is 9.53 Å². The Balaban J connectivity index is 1.85. The molecule has 1 saturated heterocycles. The molecular formula is C17H24Cl2N2O2. The number of rotatable bonds is 5. The highest BCUT2D eigenvalue weighted by atomic mass is 35.5. The van der Waals surface area contributed by atoms with E-state index in [0.717, 1.165) is 25.9 Å². The number of likely N-dealkylation sites (tertiary alicyclic amines) is 1. The molecular weight excluding hydrogens is 335 g/mol. The van der Waals surface area contributed by atoms with Crippen molar-refractivity contribution in [3.8, 4) is 5.75 Å². The minimum absolute atomic E-state index is 0.121. The second kappa shape index (κ2) is 8.22. The van der Waals surface area contributed by atoms with Crippen LogP contribution in [-0.4, -0.2) is 42.1 Å². The molecule has 1 heterocycles. The number of piperidine rings is 1. The number of amides is 1. The van der Waals surface area contributed by atoms with Gasteiger partial charge in [-0.15, -0.1) is 0 Å². The van der Waals surface area contributed by atoms with Gasteiger partial charge in [-0.05, 0) is 45.7 Å². The number of nitrogens with one attached hydrogen (secondary N) is 1. The maximum absolute atomic E-state index is 12.3. The lowest BCUT2D eigenvalue weighted by molar-refractivity contribution is -0.128. The molecule has 1 aliphatic heterocycles. The molecule has 0 aromatic heterocycles. The van der Waals surface area contributed by atoms with Gasteiger partial charge in [0, 0.05) is 25.2 Å². The van der Waals surface area contributed by atoms with E-state index in [9.17, 15) is 4.79 Å². The van der Waals surface area contributed by atoms with Gasteiger partial charge in [-0.2, -0.15) is 0 Å². The van der Waals surface area contributed by atoms with Gasteiger partial charge in [-0.3, -0.25) is 4.79 Å². The highest BCUT2D eigenvalue weighted by molar-refractivity contribution is 6.42. The average molecular weight is 359 g/mol. The molecule has 1 atom stereocenters. The summed E-state index contributed by atoms with van der Waals surface area (Å²) in [5.41, 5.74) is 0. The standard InChI is InChI=1S/C17H24Cl2N2O2/c1-11(2)21-9-7-13(8-10-21)20-17(22)12(3)23-15-6-4-5-14(18)16(15)19/h4-6,11-13H,7-10H2,1-3H3,(H,20,22)/t12-/m0/s1. The normalized spacial score (nSPS) is 18.0. The molecule has 0 bridgehead atoms. The molecule has 4 nitrogen and oxygen atoms in total. The zero-order valence-corrected chi connectivity index (χ0v) is 15.3. The predicted octanol–water partition coefficient (Wildman–Crippen LogP) is 3.75. The number of carbonyl (C=O) groups excluding carboxylic acids is 1. The van der Waals surface area contributed by atoms with E-state index in [1.807, 2.05) is 0 Å². The fourth-order valence-electron chi connectivity index (χ4n) is 2.70. The molecule has 1 amide bonds. The molecule has 1 aromatic rings. The molecule has 1 aliphatic rings. The maximum atomic E-state index is 12.3. The summed E-state index contributed by atoms with van der Waals surface area (Å²) in [7, 11) is 0. The van der Waals surface area contributed by atoms with Crippen LogP contribution >= 0.6 is 23.2 Å². The minimum Gasteiger partial charge on any atom is -0.479 e. The van der Waals surface area contributed by atoms with Gasteiger partial charge in [0.2, 0.25) is 0 Å². The average Bonchev–Trinajstić information content (AvgIpc) is 2.52. The van der Waals surface area contributed by atoms with Crippen LogP contribution in [-0.2, 0) is 4.79 Å². The summed E-state index contributed by atoms with van der Waals surface area (Å²) in [5.74, 6) is 0.306. The van der Waals surface area contributed by atoms with Gasteiger partial charge in [-0.25, -0.2) is 0 Å². The number of ether oxygens (including phenoxy) is 1. The molecule has 1 aromatic carbocycles. The van der Waals surface area contributed by atoms with E-state index < -0.39 is 6.10 Å². The van der Waals surface area contributed by atoms with Crippen LogP contribution in [0.2, 0.25) is 10.0 Å². The van der Waals surface area contributed by atoms with Gasteiger partial charge in [-0.1, -0.05) is 29.3 Å². The van der Waals surface area contributed by atoms with Gasteiger partial charge in [0.15, 0.2) is 6.10 Å². The van der Waals surface area contributed by atoms with Crippen LogP contribution in [0.5, 0.6) is 5.75 Å². The summed E-state index contributed by atoms with van der Waals surface area (Å²) in [6.07, 6.45) is 1.32. The van der Waals surface area contributed by atoms with E-state index in [-0.39, 0.29) is 11.9 Å². The summed E-state index contributed by atoms with van der Waals surface area (Å²) in [5, 5.41) is 3.81. The number of carbonyl (C=O) groups is 1. The van der Waals surface area contributed by atoms with Crippen LogP contribution < -0.4 is 10.1 Å². The van der Waals surface area contributed by atoms with E-state index >= 15 is 0 Å². The van der Waals surface area contributed by atoms with E-state index in [1.54, 1.807) is 25.1 Å². The molecule has 128 valence electrons. The van der Waals surface area contributed by atoms with Crippen molar-refractivity contribution in [1.29, 1.82) is 0 Å². The first-order valence-electron chi connectivity index (χ1n) is 8.03. The number of benzene rings is 1. The van der Waals surface area contributed by atoms with Gasteiger partial charge < -0.3 is 15.0 Å². The van der Waals surface area contributed by atoms with Crippen molar-refractivity contribution in [2.75, 3.05) is 13.1 Å². The Morgan fingerprint density at radius 3 is 2.52 bits per heavy atom. The van der Waals surface area contributed by atoms with Crippen LogP contribution in [0.1, 0.15) is 33.6 Å². The van der Waals surface area contributed by atoms with E-state index in [1.165, 1.54) is 0 Å². The maximum Gasteiger partial charge on any atom is 0.260 e. The Bertz CT molecular complexity index is 543. The Morgan fingerprint density at radius 1 is 1.26 bits per heavy atom. The first kappa shape index (κ1) is 18.4. The Labute approximate surface area is 148 Å². The van der Waals surface area contributed by atoms with Crippen molar-refractivity contribution in [1.82, 2.24) is 10.2 Å². The lowest BCUT2D eigenvalue weighted by Gasteiger charge is -2.35. The second-order valence-corrected chi connectivity index (χ2v) is 7.01. The number of hydrogen-bond acceptors (Lipinski definition) is 3. The second-order valence-electron chi connectivity index (χ2n) is 6.22. The molecule has 1 fully saturated rings. The Morgan fingerprint density at radius 2 is 1.91 bits per heavy atom. The summed E-state index contributed by atoms with van der Waals surface area (Å²) in [4.78, 5) is 14.7. The van der Waals surface area contributed by atoms with Crippen LogP contribution in [0, 0.1) is 0 Å². The summed E-state index contributed by atoms with van der Waals surface area (Å²) in [6, 6.07) is 5.90. The minimum atomic E-state index is -0.617. The number of halogens is 2. The Hall–Kier alpha value is -0.970. The van der Waals surface area contributed by atoms with Gasteiger partial charge in [0.25, 0.3) is 5.91 Å². The third-order valence-corrected chi connectivity index (χ3v) is 5.00. The third kappa shape index (κ3) is 5.00. The lowest BCUT2D eigenvalue weighted by Crippen LogP contribution is -2.49. The predicted molar refractivity (Wildman–Crippen MR) is 94.4 cm³/mol. The smallest absolute Gasteiger partial charge is 0.260 e. The number of hydrogen-bond donors (Lipinski definition) is 1. The van der Waals surface area contributed by atoms with Crippen molar-refractivity contribution in [3.63, 3.8) is 0 Å². The van der Waals surface area contributed by atoms with Gasteiger partial charge in [0.05, 0.1) is 5.02 Å². The van der Waals surface area contributed by atoms with E-state index in [4.69, 9.17) is 27.9 Å². The fourth-order valence-corrected chi connectivity index (χ4v) is 3.03. The molecule has 1 N–H and O–H groups in total. The van der Waals surface area contributed by atoms with Crippen molar-refractivity contribution in [2.24, 2.45) is 0 Å². The molecule has 2 rings (SSSR count). The van der Waals surface area contributed by atoms with Crippen LogP contribution in [0.4, 0.5) is 0 Å². The van der Waals surface area contributed by atoms with E-state index in [0.29, 0.717) is 21.8 Å². The van der Waals surface area contributed by atoms with Crippen LogP contribution in [0.3, 0.4) is 0 Å². The van der Waals surface area contributed by atoms with E-state index in [2.05, 4.69) is 24.1 Å². The molecule has 0 radical (unpaired) electrons. The van der Waals surface area contributed by atoms with Gasteiger partial charge in [0.1, 0.15) is 10.8 Å². The van der Waals surface area contributed by atoms with Crippen molar-refractivity contribution in [2.45, 2.75) is 51.8 Å². The zero-order valence-electron chi connectivity index (χ0n) is 13.8. The summed E-state index contributed by atoms with van der Waals surface area (Å²) < 4.78 is 5.65. The van der Waals surface area contributed by atoms with Crippen LogP contribution in [0.15, 0.2) is 18.2 Å². The highest BCUT2D eigenvalue weighted by Gasteiger charge is 2.24. The molecule has 0 spiro atoms. The largest absolute Gasteiger partial charge is 0.479 e. The first-order chi connectivity index (χ1) is 10.9. The zero-order chi connectivity index (χ0) is 17.0. The monoisotopic (exact) mass is 358 g/mol. The molecule has 23 heavy (non-hydrogen) atoms. The summed E-state index contributed by atoms with van der Waals surface area (Å²) >= 11 is 12.0. The SMILES string of the molecule is CC(C)N1CCC(NC(=O)[C@H](C)Oc2cccc(Cl)c2Cl)CC1. The topological polar surface area (TPSA) is 41.6 Å². The van der Waals surface area contributed by atoms with Crippen molar-refractivity contribution >= 4 is 29.1 Å². The molecule has 6 heteroatoms. The summed E-state index contributed by atoms with van der Waals surface area (Å²) in [6.45, 7) is 8.14. The third-order valence-electron chi connectivity index (χ3n) is 4.20. The Kier molecular flexibility index (Phi) is 6.57. The fraction of sp³-hybridized carbons (Fsp3) is 0.588. The molecule has 0 saturated carbocycles. The highest BCUT2D eigenvalue weighted by Crippen LogP contribution is 2.32. The quantitative estimate of drug-likeness (QED) is 0.871. The number of nitrogens with zero attached hydrogens (tertiary/aromatic N) is 1. The molecule has 0 aliphatic carbocycles.